The molecule has 0 radical (unpaired) electrons. The maximum Gasteiger partial charge on any atom is 0.269 e. The molecular weight excluding hydrogens is 268 g/mol. The summed E-state index contributed by atoms with van der Waals surface area (Å²) in [6.07, 6.45) is 1.62. The average molecular weight is 280 g/mol. The third kappa shape index (κ3) is 4.72. The number of nitrogens with one attached hydrogen (secondary N) is 3. The number of nitro groups is 1. The molecule has 3 N–H and O–H groups in total. The van der Waals surface area contributed by atoms with Crippen molar-refractivity contribution in [3.8, 4) is 0 Å². The Kier molecular flexibility index (Phi) is 5.42. The molecule has 1 aromatic carbocycles. The number of carbonyl (C=O) groups excluding carboxylic acids is 1. The number of hydrogen-bond acceptors (Lipinski definition) is 4. The largest absolute Gasteiger partial charge is 0.358 e. The molecule has 100 valence electrons. The molecule has 0 atom stereocenters. The first-order valence-electron chi connectivity index (χ1n) is 5.24. The van der Waals surface area contributed by atoms with Crippen LogP contribution in [0.4, 0.5) is 5.69 Å². The minimum atomic E-state index is -0.533. The van der Waals surface area contributed by atoms with E-state index in [1.807, 2.05) is 0 Å². The maximum atomic E-state index is 11.7. The van der Waals surface area contributed by atoms with E-state index in [1.54, 1.807) is 6.08 Å². The second kappa shape index (κ2) is 7.07. The molecule has 1 aromatic rings. The second-order valence-corrected chi connectivity index (χ2v) is 3.79. The fourth-order valence-corrected chi connectivity index (χ4v) is 1.26. The topological polar surface area (TPSA) is 96.3 Å². The summed E-state index contributed by atoms with van der Waals surface area (Å²) in [5, 5.41) is 13.5. The number of hydrazine groups is 1. The predicted octanol–water partition coefficient (Wildman–Crippen LogP) is 0.890. The Hall–Kier alpha value is -2.48. The Labute approximate surface area is 114 Å². The van der Waals surface area contributed by atoms with Crippen molar-refractivity contribution < 1.29 is 9.72 Å². The highest BCUT2D eigenvalue weighted by Gasteiger charge is 2.09. The van der Waals surface area contributed by atoms with Crippen LogP contribution in [-0.2, 0) is 0 Å². The van der Waals surface area contributed by atoms with Crippen LogP contribution >= 0.6 is 12.2 Å². The summed E-state index contributed by atoms with van der Waals surface area (Å²) in [6, 6.07) is 5.22. The standard InChI is InChI=1S/C11H12N4O3S/c1-2-7-12-11(19)14-13-10(16)8-3-5-9(6-4-8)15(17)18/h2-6H,1,7H2,(H,13,16)(H2,12,14,19). The SMILES string of the molecule is C=CCNC(=S)NNC(=O)c1ccc([N+](=O)[O-])cc1. The molecule has 8 heteroatoms. The van der Waals surface area contributed by atoms with Crippen LogP contribution in [0.5, 0.6) is 0 Å². The van der Waals surface area contributed by atoms with Crippen molar-refractivity contribution in [2.75, 3.05) is 6.54 Å². The molecule has 0 spiro atoms. The summed E-state index contributed by atoms with van der Waals surface area (Å²) in [5.41, 5.74) is 5.06. The smallest absolute Gasteiger partial charge is 0.269 e. The van der Waals surface area contributed by atoms with Gasteiger partial charge in [-0.1, -0.05) is 6.08 Å². The number of rotatable bonds is 4. The zero-order chi connectivity index (χ0) is 14.3. The summed E-state index contributed by atoms with van der Waals surface area (Å²) in [6.45, 7) is 3.98. The van der Waals surface area contributed by atoms with Gasteiger partial charge in [0.05, 0.1) is 4.92 Å². The van der Waals surface area contributed by atoms with Crippen LogP contribution in [0.2, 0.25) is 0 Å². The monoisotopic (exact) mass is 280 g/mol. The Balaban J connectivity index is 2.51. The normalized spacial score (nSPS) is 9.26. The van der Waals surface area contributed by atoms with E-state index in [0.717, 1.165) is 0 Å². The van der Waals surface area contributed by atoms with Gasteiger partial charge in [0, 0.05) is 24.2 Å². The molecule has 0 saturated heterocycles. The van der Waals surface area contributed by atoms with Crippen molar-refractivity contribution in [1.82, 2.24) is 16.2 Å². The van der Waals surface area contributed by atoms with E-state index in [0.29, 0.717) is 6.54 Å². The third-order valence-electron chi connectivity index (χ3n) is 2.04. The van der Waals surface area contributed by atoms with E-state index in [4.69, 9.17) is 12.2 Å². The van der Waals surface area contributed by atoms with Gasteiger partial charge in [-0.15, -0.1) is 6.58 Å². The summed E-state index contributed by atoms with van der Waals surface area (Å²) in [5.74, 6) is -0.447. The van der Waals surface area contributed by atoms with Crippen LogP contribution < -0.4 is 16.2 Å². The molecule has 0 saturated carbocycles. The van der Waals surface area contributed by atoms with Gasteiger partial charge in [0.1, 0.15) is 0 Å². The second-order valence-electron chi connectivity index (χ2n) is 3.38. The van der Waals surface area contributed by atoms with E-state index in [1.165, 1.54) is 24.3 Å². The summed E-state index contributed by atoms with van der Waals surface area (Å²) < 4.78 is 0. The fourth-order valence-electron chi connectivity index (χ4n) is 1.13. The predicted molar refractivity (Wildman–Crippen MR) is 74.5 cm³/mol. The van der Waals surface area contributed by atoms with Gasteiger partial charge in [-0.05, 0) is 24.4 Å². The Morgan fingerprint density at radius 3 is 2.53 bits per heavy atom. The van der Waals surface area contributed by atoms with Gasteiger partial charge in [-0.3, -0.25) is 25.8 Å². The number of hydrogen-bond donors (Lipinski definition) is 3. The Morgan fingerprint density at radius 1 is 1.37 bits per heavy atom. The lowest BCUT2D eigenvalue weighted by molar-refractivity contribution is -0.384. The molecule has 0 heterocycles. The highest BCUT2D eigenvalue weighted by Crippen LogP contribution is 2.11. The average Bonchev–Trinajstić information content (AvgIpc) is 2.42. The van der Waals surface area contributed by atoms with Crippen molar-refractivity contribution in [2.24, 2.45) is 0 Å². The van der Waals surface area contributed by atoms with Crippen LogP contribution in [0.25, 0.3) is 0 Å². The molecule has 0 fully saturated rings. The zero-order valence-electron chi connectivity index (χ0n) is 9.88. The molecular formula is C11H12N4O3S. The first kappa shape index (κ1) is 14.6. The van der Waals surface area contributed by atoms with Crippen LogP contribution in [0, 0.1) is 10.1 Å². The fraction of sp³-hybridized carbons (Fsp3) is 0.0909. The molecule has 0 aliphatic heterocycles. The van der Waals surface area contributed by atoms with E-state index in [-0.39, 0.29) is 16.4 Å². The number of amides is 1. The number of nitro benzene ring substituents is 1. The molecule has 0 aromatic heterocycles. The number of non-ortho nitro benzene ring substituents is 1. The molecule has 0 aliphatic rings. The number of nitrogens with zero attached hydrogens (tertiary/aromatic N) is 1. The van der Waals surface area contributed by atoms with Gasteiger partial charge < -0.3 is 5.32 Å². The Morgan fingerprint density at radius 2 is 2.00 bits per heavy atom. The van der Waals surface area contributed by atoms with Gasteiger partial charge in [-0.2, -0.15) is 0 Å². The molecule has 0 aliphatic carbocycles. The maximum absolute atomic E-state index is 11.7. The van der Waals surface area contributed by atoms with Gasteiger partial charge in [-0.25, -0.2) is 0 Å². The molecule has 1 rings (SSSR count). The van der Waals surface area contributed by atoms with Crippen molar-refractivity contribution >= 4 is 28.9 Å². The van der Waals surface area contributed by atoms with Gasteiger partial charge in [0.2, 0.25) is 0 Å². The van der Waals surface area contributed by atoms with Crippen molar-refractivity contribution in [3.63, 3.8) is 0 Å². The van der Waals surface area contributed by atoms with E-state index in [2.05, 4.69) is 22.7 Å². The Bertz CT molecular complexity index is 501. The van der Waals surface area contributed by atoms with Crippen molar-refractivity contribution in [1.29, 1.82) is 0 Å². The van der Waals surface area contributed by atoms with Crippen LogP contribution in [0.3, 0.4) is 0 Å². The van der Waals surface area contributed by atoms with Gasteiger partial charge in [0.15, 0.2) is 5.11 Å². The lowest BCUT2D eigenvalue weighted by atomic mass is 10.2. The molecule has 7 nitrogen and oxygen atoms in total. The molecule has 1 amide bonds. The zero-order valence-corrected chi connectivity index (χ0v) is 10.7. The lowest BCUT2D eigenvalue weighted by Crippen LogP contribution is -2.46. The third-order valence-corrected chi connectivity index (χ3v) is 2.28. The summed E-state index contributed by atoms with van der Waals surface area (Å²) in [4.78, 5) is 21.6. The summed E-state index contributed by atoms with van der Waals surface area (Å²) in [7, 11) is 0. The molecule has 0 bridgehead atoms. The first-order chi connectivity index (χ1) is 9.04. The lowest BCUT2D eigenvalue weighted by Gasteiger charge is -2.10. The minimum absolute atomic E-state index is 0.0762. The van der Waals surface area contributed by atoms with Crippen molar-refractivity contribution in [2.45, 2.75) is 0 Å². The molecule has 19 heavy (non-hydrogen) atoms. The number of carbonyl (C=O) groups is 1. The molecule has 0 unspecified atom stereocenters. The van der Waals surface area contributed by atoms with Gasteiger partial charge in [0.25, 0.3) is 11.6 Å². The van der Waals surface area contributed by atoms with Gasteiger partial charge >= 0.3 is 0 Å². The van der Waals surface area contributed by atoms with Crippen LogP contribution in [0.15, 0.2) is 36.9 Å². The van der Waals surface area contributed by atoms with E-state index < -0.39 is 10.8 Å². The highest BCUT2D eigenvalue weighted by molar-refractivity contribution is 7.80. The van der Waals surface area contributed by atoms with E-state index in [9.17, 15) is 14.9 Å². The van der Waals surface area contributed by atoms with Crippen LogP contribution in [0.1, 0.15) is 10.4 Å². The van der Waals surface area contributed by atoms with Crippen molar-refractivity contribution in [3.05, 3.63) is 52.6 Å². The first-order valence-corrected chi connectivity index (χ1v) is 5.65. The van der Waals surface area contributed by atoms with Crippen LogP contribution in [-0.4, -0.2) is 22.5 Å². The summed E-state index contributed by atoms with van der Waals surface area (Å²) >= 11 is 4.87. The number of thiocarbonyl (C=S) groups is 1. The number of benzene rings is 1. The minimum Gasteiger partial charge on any atom is -0.358 e. The highest BCUT2D eigenvalue weighted by atomic mass is 32.1. The van der Waals surface area contributed by atoms with E-state index >= 15 is 0 Å². The quantitative estimate of drug-likeness (QED) is 0.328.